The van der Waals surface area contributed by atoms with Gasteiger partial charge in [0.1, 0.15) is 0 Å². The van der Waals surface area contributed by atoms with Gasteiger partial charge in [0.15, 0.2) is 0 Å². The molecule has 0 spiro atoms. The molecule has 6 heteroatoms. The molecular formula is C25H34N4O2. The van der Waals surface area contributed by atoms with Crippen molar-refractivity contribution in [3.63, 3.8) is 0 Å². The van der Waals surface area contributed by atoms with Gasteiger partial charge in [-0.05, 0) is 76.3 Å². The van der Waals surface area contributed by atoms with Crippen molar-refractivity contribution in [2.45, 2.75) is 59.4 Å². The van der Waals surface area contributed by atoms with Crippen LogP contribution in [-0.2, 0) is 0 Å². The van der Waals surface area contributed by atoms with E-state index in [4.69, 9.17) is 0 Å². The number of hydrogen-bond donors (Lipinski definition) is 3. The summed E-state index contributed by atoms with van der Waals surface area (Å²) in [4.78, 5) is 27.9. The number of benzene rings is 2. The standard InChI is InChI=1S/C25H34N4O2/c1-5-19(4)26-24(30)21-16-20(10-12-23(21)29-13-7-6-8-14-29)27-25(31)28-22-11-9-17(2)15-18(22)3/h9-12,15-16,19H,5-8,13-14H2,1-4H3,(H,26,30)(H2,27,28,31). The van der Waals surface area contributed by atoms with Crippen LogP contribution in [0.3, 0.4) is 0 Å². The minimum Gasteiger partial charge on any atom is -0.371 e. The van der Waals surface area contributed by atoms with Crippen molar-refractivity contribution in [1.29, 1.82) is 0 Å². The van der Waals surface area contributed by atoms with E-state index in [1.807, 2.05) is 58.0 Å². The number of urea groups is 1. The van der Waals surface area contributed by atoms with Gasteiger partial charge in [-0.1, -0.05) is 24.6 Å². The molecule has 3 N–H and O–H groups in total. The highest BCUT2D eigenvalue weighted by Gasteiger charge is 2.20. The van der Waals surface area contributed by atoms with Crippen LogP contribution in [0.2, 0.25) is 0 Å². The number of hydrogen-bond acceptors (Lipinski definition) is 3. The summed E-state index contributed by atoms with van der Waals surface area (Å²) in [5.74, 6) is -0.103. The van der Waals surface area contributed by atoms with Crippen molar-refractivity contribution < 1.29 is 9.59 Å². The molecular weight excluding hydrogens is 388 g/mol. The van der Waals surface area contributed by atoms with Crippen molar-refractivity contribution in [2.75, 3.05) is 28.6 Å². The normalized spacial score (nSPS) is 14.6. The molecule has 1 unspecified atom stereocenters. The Morgan fingerprint density at radius 1 is 1.00 bits per heavy atom. The third-order valence-corrected chi connectivity index (χ3v) is 5.82. The summed E-state index contributed by atoms with van der Waals surface area (Å²) in [5, 5.41) is 8.83. The van der Waals surface area contributed by atoms with Crippen molar-refractivity contribution in [1.82, 2.24) is 5.32 Å². The van der Waals surface area contributed by atoms with Gasteiger partial charge < -0.3 is 20.9 Å². The second kappa shape index (κ2) is 10.3. The highest BCUT2D eigenvalue weighted by atomic mass is 16.2. The van der Waals surface area contributed by atoms with Gasteiger partial charge in [-0.25, -0.2) is 4.79 Å². The third-order valence-electron chi connectivity index (χ3n) is 5.82. The fourth-order valence-corrected chi connectivity index (χ4v) is 3.85. The molecule has 3 amide bonds. The second-order valence-electron chi connectivity index (χ2n) is 8.46. The summed E-state index contributed by atoms with van der Waals surface area (Å²) in [6, 6.07) is 11.2. The van der Waals surface area contributed by atoms with E-state index >= 15 is 0 Å². The molecule has 3 rings (SSSR count). The van der Waals surface area contributed by atoms with Crippen LogP contribution in [0.25, 0.3) is 0 Å². The molecule has 0 saturated carbocycles. The van der Waals surface area contributed by atoms with Crippen LogP contribution in [0.5, 0.6) is 0 Å². The van der Waals surface area contributed by atoms with Crippen LogP contribution < -0.4 is 20.9 Å². The Morgan fingerprint density at radius 2 is 1.74 bits per heavy atom. The molecule has 1 atom stereocenters. The van der Waals surface area contributed by atoms with E-state index in [0.29, 0.717) is 11.3 Å². The Balaban J connectivity index is 1.80. The SMILES string of the molecule is CCC(C)NC(=O)c1cc(NC(=O)Nc2ccc(C)cc2C)ccc1N1CCCCC1. The van der Waals surface area contributed by atoms with Crippen molar-refractivity contribution in [3.05, 3.63) is 53.1 Å². The average molecular weight is 423 g/mol. The summed E-state index contributed by atoms with van der Waals surface area (Å²) < 4.78 is 0. The molecule has 2 aromatic rings. The van der Waals surface area contributed by atoms with Gasteiger partial charge >= 0.3 is 6.03 Å². The van der Waals surface area contributed by atoms with E-state index < -0.39 is 0 Å². The number of carbonyl (C=O) groups is 2. The molecule has 0 bridgehead atoms. The van der Waals surface area contributed by atoms with E-state index in [1.165, 1.54) is 6.42 Å². The van der Waals surface area contributed by atoms with Crippen molar-refractivity contribution >= 4 is 29.0 Å². The van der Waals surface area contributed by atoms with Crippen LogP contribution in [0.4, 0.5) is 21.9 Å². The number of rotatable bonds is 6. The monoisotopic (exact) mass is 422 g/mol. The van der Waals surface area contributed by atoms with Crippen LogP contribution in [0, 0.1) is 13.8 Å². The number of anilines is 3. The first-order valence-electron chi connectivity index (χ1n) is 11.2. The first kappa shape index (κ1) is 22.7. The molecule has 1 aliphatic heterocycles. The zero-order valence-corrected chi connectivity index (χ0v) is 19.0. The quantitative estimate of drug-likeness (QED) is 0.578. The zero-order chi connectivity index (χ0) is 22.4. The molecule has 0 aromatic heterocycles. The first-order chi connectivity index (χ1) is 14.9. The number of nitrogens with one attached hydrogen (secondary N) is 3. The zero-order valence-electron chi connectivity index (χ0n) is 19.0. The molecule has 6 nitrogen and oxygen atoms in total. The maximum absolute atomic E-state index is 13.0. The average Bonchev–Trinajstić information content (AvgIpc) is 2.76. The van der Waals surface area contributed by atoms with E-state index in [-0.39, 0.29) is 18.0 Å². The first-order valence-corrected chi connectivity index (χ1v) is 11.2. The second-order valence-corrected chi connectivity index (χ2v) is 8.46. The highest BCUT2D eigenvalue weighted by molar-refractivity contribution is 6.04. The Bertz CT molecular complexity index is 935. The largest absolute Gasteiger partial charge is 0.371 e. The minimum atomic E-state index is -0.328. The Hall–Kier alpha value is -3.02. The number of amides is 3. The van der Waals surface area contributed by atoms with E-state index in [0.717, 1.165) is 54.9 Å². The highest BCUT2D eigenvalue weighted by Crippen LogP contribution is 2.28. The molecule has 31 heavy (non-hydrogen) atoms. The van der Waals surface area contributed by atoms with Crippen molar-refractivity contribution in [2.24, 2.45) is 0 Å². The predicted molar refractivity (Wildman–Crippen MR) is 128 cm³/mol. The smallest absolute Gasteiger partial charge is 0.323 e. The van der Waals surface area contributed by atoms with Gasteiger partial charge in [0.2, 0.25) is 0 Å². The maximum atomic E-state index is 13.0. The van der Waals surface area contributed by atoms with Crippen LogP contribution >= 0.6 is 0 Å². The molecule has 1 heterocycles. The van der Waals surface area contributed by atoms with Crippen molar-refractivity contribution in [3.8, 4) is 0 Å². The van der Waals surface area contributed by atoms with Gasteiger partial charge in [-0.15, -0.1) is 0 Å². The van der Waals surface area contributed by atoms with Gasteiger partial charge in [0.25, 0.3) is 5.91 Å². The lowest BCUT2D eigenvalue weighted by molar-refractivity contribution is 0.0939. The lowest BCUT2D eigenvalue weighted by atomic mass is 10.1. The Labute approximate surface area is 185 Å². The molecule has 0 radical (unpaired) electrons. The lowest BCUT2D eigenvalue weighted by Crippen LogP contribution is -2.35. The summed E-state index contributed by atoms with van der Waals surface area (Å²) in [6.45, 7) is 9.93. The summed E-state index contributed by atoms with van der Waals surface area (Å²) >= 11 is 0. The van der Waals surface area contributed by atoms with Gasteiger partial charge in [0.05, 0.1) is 5.56 Å². The number of aryl methyl sites for hydroxylation is 2. The fraction of sp³-hybridized carbons (Fsp3) is 0.440. The fourth-order valence-electron chi connectivity index (χ4n) is 3.85. The topological polar surface area (TPSA) is 73.5 Å². The van der Waals surface area contributed by atoms with Crippen LogP contribution in [0.1, 0.15) is 61.0 Å². The molecule has 2 aromatic carbocycles. The number of nitrogens with zero attached hydrogens (tertiary/aromatic N) is 1. The number of piperidine rings is 1. The lowest BCUT2D eigenvalue weighted by Gasteiger charge is -2.31. The summed E-state index contributed by atoms with van der Waals surface area (Å²) in [7, 11) is 0. The summed E-state index contributed by atoms with van der Waals surface area (Å²) in [5.41, 5.74) is 5.05. The van der Waals surface area contributed by atoms with Crippen LogP contribution in [0.15, 0.2) is 36.4 Å². The van der Waals surface area contributed by atoms with Gasteiger partial charge in [-0.3, -0.25) is 4.79 Å². The maximum Gasteiger partial charge on any atom is 0.323 e. The van der Waals surface area contributed by atoms with Gasteiger partial charge in [0, 0.05) is 36.2 Å². The van der Waals surface area contributed by atoms with E-state index in [9.17, 15) is 9.59 Å². The number of carbonyl (C=O) groups excluding carboxylic acids is 2. The Morgan fingerprint density at radius 3 is 2.42 bits per heavy atom. The third kappa shape index (κ3) is 6.00. The molecule has 1 fully saturated rings. The molecule has 0 aliphatic carbocycles. The molecule has 1 saturated heterocycles. The summed E-state index contributed by atoms with van der Waals surface area (Å²) in [6.07, 6.45) is 4.35. The van der Waals surface area contributed by atoms with Gasteiger partial charge in [-0.2, -0.15) is 0 Å². The molecule has 166 valence electrons. The van der Waals surface area contributed by atoms with E-state index in [1.54, 1.807) is 6.07 Å². The minimum absolute atomic E-state index is 0.0890. The van der Waals surface area contributed by atoms with E-state index in [2.05, 4.69) is 20.9 Å². The predicted octanol–water partition coefficient (Wildman–Crippen LogP) is 5.47. The molecule has 1 aliphatic rings. The van der Waals surface area contributed by atoms with Crippen LogP contribution in [-0.4, -0.2) is 31.1 Å². The Kier molecular flexibility index (Phi) is 7.55.